The highest BCUT2D eigenvalue weighted by atomic mass is 127. The zero-order valence-corrected chi connectivity index (χ0v) is 17.2. The summed E-state index contributed by atoms with van der Waals surface area (Å²) < 4.78 is 5.54. The Labute approximate surface area is 162 Å². The van der Waals surface area contributed by atoms with Crippen LogP contribution in [-0.4, -0.2) is 62.8 Å². The Morgan fingerprint density at radius 3 is 2.92 bits per heavy atom. The van der Waals surface area contributed by atoms with Gasteiger partial charge in [0, 0.05) is 44.5 Å². The van der Waals surface area contributed by atoms with Crippen molar-refractivity contribution in [3.05, 3.63) is 29.8 Å². The summed E-state index contributed by atoms with van der Waals surface area (Å²) in [5.41, 5.74) is 2.69. The van der Waals surface area contributed by atoms with Crippen molar-refractivity contribution < 1.29 is 4.74 Å². The van der Waals surface area contributed by atoms with Gasteiger partial charge < -0.3 is 15.0 Å². The Balaban J connectivity index is 0.00000208. The van der Waals surface area contributed by atoms with Crippen molar-refractivity contribution in [3.63, 3.8) is 0 Å². The van der Waals surface area contributed by atoms with Crippen LogP contribution in [0.5, 0.6) is 0 Å². The number of rotatable bonds is 3. The number of aliphatic imine (C=N–C) groups is 1. The zero-order valence-electron chi connectivity index (χ0n) is 14.9. The van der Waals surface area contributed by atoms with E-state index in [1.165, 1.54) is 11.3 Å². The molecule has 2 aliphatic rings. The maximum Gasteiger partial charge on any atom is 0.198 e. The van der Waals surface area contributed by atoms with Crippen LogP contribution in [0, 0.1) is 0 Å². The normalized spacial score (nSPS) is 22.7. The molecule has 0 saturated carbocycles. The summed E-state index contributed by atoms with van der Waals surface area (Å²) in [6.45, 7) is 9.09. The zero-order chi connectivity index (χ0) is 16.2. The second kappa shape index (κ2) is 9.01. The van der Waals surface area contributed by atoms with Gasteiger partial charge in [-0.25, -0.2) is 0 Å². The molecule has 0 radical (unpaired) electrons. The van der Waals surface area contributed by atoms with Gasteiger partial charge in [-0.05, 0) is 31.9 Å². The topological polar surface area (TPSA) is 40.1 Å². The summed E-state index contributed by atoms with van der Waals surface area (Å²) >= 11 is 0. The molecule has 6 heteroatoms. The van der Waals surface area contributed by atoms with Gasteiger partial charge in [0.05, 0.1) is 13.2 Å². The van der Waals surface area contributed by atoms with Gasteiger partial charge in [0.2, 0.25) is 0 Å². The molecule has 2 heterocycles. The quantitative estimate of drug-likeness (QED) is 0.442. The fourth-order valence-electron chi connectivity index (χ4n) is 3.60. The van der Waals surface area contributed by atoms with Gasteiger partial charge in [0.25, 0.3) is 0 Å². The summed E-state index contributed by atoms with van der Waals surface area (Å²) in [4.78, 5) is 9.31. The van der Waals surface area contributed by atoms with Gasteiger partial charge in [-0.15, -0.1) is 24.0 Å². The molecule has 5 nitrogen and oxygen atoms in total. The molecule has 0 bridgehead atoms. The van der Waals surface area contributed by atoms with E-state index in [1.807, 2.05) is 7.05 Å². The van der Waals surface area contributed by atoms with Crippen LogP contribution in [0.1, 0.15) is 19.4 Å². The number of guanidine groups is 1. The van der Waals surface area contributed by atoms with Gasteiger partial charge in [0.1, 0.15) is 0 Å². The van der Waals surface area contributed by atoms with E-state index in [1.54, 1.807) is 0 Å². The Kier molecular flexibility index (Phi) is 7.31. The molecule has 1 saturated heterocycles. The third-order valence-corrected chi connectivity index (χ3v) is 4.90. The van der Waals surface area contributed by atoms with Gasteiger partial charge in [0.15, 0.2) is 5.96 Å². The summed E-state index contributed by atoms with van der Waals surface area (Å²) in [5.74, 6) is 0.975. The molecular formula is C18H29IN4O. The molecule has 1 aromatic carbocycles. The lowest BCUT2D eigenvalue weighted by Crippen LogP contribution is -2.53. The summed E-state index contributed by atoms with van der Waals surface area (Å²) in [7, 11) is 1.87. The summed E-state index contributed by atoms with van der Waals surface area (Å²) in [6.07, 6.45) is 1.09. The average molecular weight is 444 g/mol. The Morgan fingerprint density at radius 2 is 2.17 bits per heavy atom. The Hall–Kier alpha value is -0.860. The van der Waals surface area contributed by atoms with E-state index >= 15 is 0 Å². The number of anilines is 1. The molecule has 0 aromatic heterocycles. The van der Waals surface area contributed by atoms with Crippen LogP contribution in [0.25, 0.3) is 0 Å². The second-order valence-electron chi connectivity index (χ2n) is 6.47. The molecule has 0 amide bonds. The maximum atomic E-state index is 5.54. The molecule has 24 heavy (non-hydrogen) atoms. The smallest absolute Gasteiger partial charge is 0.198 e. The molecule has 2 aliphatic heterocycles. The number of nitrogens with one attached hydrogen (secondary N) is 1. The minimum absolute atomic E-state index is 0. The van der Waals surface area contributed by atoms with E-state index in [4.69, 9.17) is 4.74 Å². The van der Waals surface area contributed by atoms with Crippen LogP contribution >= 0.6 is 24.0 Å². The first kappa shape index (κ1) is 19.5. The molecule has 1 aromatic rings. The fourth-order valence-corrected chi connectivity index (χ4v) is 3.60. The average Bonchev–Trinajstić information content (AvgIpc) is 3.00. The van der Waals surface area contributed by atoms with E-state index < -0.39 is 0 Å². The van der Waals surface area contributed by atoms with E-state index in [0.29, 0.717) is 12.1 Å². The molecule has 2 atom stereocenters. The third-order valence-electron chi connectivity index (χ3n) is 4.90. The van der Waals surface area contributed by atoms with Crippen LogP contribution in [0.15, 0.2) is 29.3 Å². The number of benzene rings is 1. The van der Waals surface area contributed by atoms with E-state index in [-0.39, 0.29) is 24.0 Å². The van der Waals surface area contributed by atoms with Gasteiger partial charge in [-0.2, -0.15) is 0 Å². The molecule has 3 rings (SSSR count). The molecule has 0 spiro atoms. The first-order chi connectivity index (χ1) is 11.2. The molecular weight excluding hydrogens is 415 g/mol. The number of fused-ring (bicyclic) bond motifs is 1. The maximum absolute atomic E-state index is 5.54. The highest BCUT2D eigenvalue weighted by Gasteiger charge is 2.26. The number of para-hydroxylation sites is 1. The summed E-state index contributed by atoms with van der Waals surface area (Å²) in [6, 6.07) is 9.55. The molecule has 2 unspecified atom stereocenters. The van der Waals surface area contributed by atoms with Crippen LogP contribution in [-0.2, 0) is 11.2 Å². The van der Waals surface area contributed by atoms with Gasteiger partial charge in [-0.3, -0.25) is 9.89 Å². The number of hydrogen-bond acceptors (Lipinski definition) is 3. The van der Waals surface area contributed by atoms with Crippen LogP contribution < -0.4 is 10.2 Å². The van der Waals surface area contributed by atoms with E-state index in [0.717, 1.165) is 45.2 Å². The van der Waals surface area contributed by atoms with Crippen molar-refractivity contribution in [1.29, 1.82) is 0 Å². The lowest BCUT2D eigenvalue weighted by Gasteiger charge is -2.38. The van der Waals surface area contributed by atoms with E-state index in [9.17, 15) is 0 Å². The lowest BCUT2D eigenvalue weighted by atomic mass is 10.2. The number of morpholine rings is 1. The predicted molar refractivity (Wildman–Crippen MR) is 111 cm³/mol. The van der Waals surface area contributed by atoms with Crippen molar-refractivity contribution in [2.24, 2.45) is 4.99 Å². The number of hydrogen-bond donors (Lipinski definition) is 1. The van der Waals surface area contributed by atoms with Crippen molar-refractivity contribution in [1.82, 2.24) is 10.2 Å². The highest BCUT2D eigenvalue weighted by Crippen LogP contribution is 2.27. The van der Waals surface area contributed by atoms with Crippen molar-refractivity contribution >= 4 is 35.6 Å². The monoisotopic (exact) mass is 444 g/mol. The number of halogens is 1. The van der Waals surface area contributed by atoms with Crippen molar-refractivity contribution in [2.75, 3.05) is 44.8 Å². The summed E-state index contributed by atoms with van der Waals surface area (Å²) in [5, 5.41) is 3.56. The van der Waals surface area contributed by atoms with Crippen molar-refractivity contribution in [2.45, 2.75) is 32.4 Å². The van der Waals surface area contributed by atoms with Crippen LogP contribution in [0.3, 0.4) is 0 Å². The minimum Gasteiger partial charge on any atom is -0.379 e. The van der Waals surface area contributed by atoms with E-state index in [2.05, 4.69) is 58.2 Å². The SMILES string of the molecule is CN=C(NCC(C)N1CCOCC1C)N1CCc2ccccc21.I. The second-order valence-corrected chi connectivity index (χ2v) is 6.47. The first-order valence-corrected chi connectivity index (χ1v) is 8.60. The highest BCUT2D eigenvalue weighted by molar-refractivity contribution is 14.0. The molecule has 1 fully saturated rings. The lowest BCUT2D eigenvalue weighted by molar-refractivity contribution is -0.0174. The number of nitrogens with zero attached hydrogens (tertiary/aromatic N) is 3. The standard InChI is InChI=1S/C18H28N4O.HI/c1-14(21-10-11-23-13-15(21)2)12-20-18(19-3)22-9-8-16-6-4-5-7-17(16)22;/h4-7,14-15H,8-13H2,1-3H3,(H,19,20);1H. The minimum atomic E-state index is 0. The predicted octanol–water partition coefficient (Wildman–Crippen LogP) is 2.35. The van der Waals surface area contributed by atoms with Crippen molar-refractivity contribution in [3.8, 4) is 0 Å². The third kappa shape index (κ3) is 4.21. The fraction of sp³-hybridized carbons (Fsp3) is 0.611. The molecule has 134 valence electrons. The largest absolute Gasteiger partial charge is 0.379 e. The number of ether oxygens (including phenoxy) is 1. The van der Waals surface area contributed by atoms with Gasteiger partial charge >= 0.3 is 0 Å². The molecule has 0 aliphatic carbocycles. The first-order valence-electron chi connectivity index (χ1n) is 8.60. The Morgan fingerprint density at radius 1 is 1.38 bits per heavy atom. The van der Waals surface area contributed by atoms with Gasteiger partial charge in [-0.1, -0.05) is 18.2 Å². The molecule has 1 N–H and O–H groups in total. The van der Waals surface area contributed by atoms with Crippen LogP contribution in [0.4, 0.5) is 5.69 Å². The van der Waals surface area contributed by atoms with Crippen LogP contribution in [0.2, 0.25) is 0 Å². The Bertz CT molecular complexity index is 566.